The quantitative estimate of drug-likeness (QED) is 0.728. The van der Waals surface area contributed by atoms with Gasteiger partial charge in [-0.05, 0) is 30.7 Å². The van der Waals surface area contributed by atoms with E-state index < -0.39 is 22.5 Å². The van der Waals surface area contributed by atoms with Crippen molar-refractivity contribution in [2.24, 2.45) is 0 Å². The Hall–Kier alpha value is -1.19. The van der Waals surface area contributed by atoms with Crippen LogP contribution in [0, 0.1) is 6.92 Å². The predicted molar refractivity (Wildman–Crippen MR) is 102 cm³/mol. The summed E-state index contributed by atoms with van der Waals surface area (Å²) >= 11 is 15.2. The molecule has 2 rings (SSSR count). The first-order valence-corrected chi connectivity index (χ1v) is 9.93. The second-order valence-electron chi connectivity index (χ2n) is 5.23. The molecular formula is C15H14BrCl2N3O3S. The number of rotatable bonds is 5. The van der Waals surface area contributed by atoms with Crippen LogP contribution in [0.3, 0.4) is 0 Å². The molecule has 2 aromatic rings. The number of aromatic nitrogens is 1. The third-order valence-electron chi connectivity index (χ3n) is 3.18. The summed E-state index contributed by atoms with van der Waals surface area (Å²) in [6, 6.07) is 6.25. The lowest BCUT2D eigenvalue weighted by Crippen LogP contribution is -2.35. The van der Waals surface area contributed by atoms with Crippen molar-refractivity contribution in [1.82, 2.24) is 9.29 Å². The normalized spacial score (nSPS) is 11.6. The van der Waals surface area contributed by atoms with Gasteiger partial charge >= 0.3 is 0 Å². The van der Waals surface area contributed by atoms with Crippen LogP contribution in [0.2, 0.25) is 10.0 Å². The molecule has 0 fully saturated rings. The second kappa shape index (κ2) is 8.01. The molecule has 1 N–H and O–H groups in total. The highest BCUT2D eigenvalue weighted by Gasteiger charge is 2.28. The molecular weight excluding hydrogens is 453 g/mol. The molecule has 0 saturated carbocycles. The first kappa shape index (κ1) is 20.1. The van der Waals surface area contributed by atoms with Crippen LogP contribution in [0.5, 0.6) is 0 Å². The van der Waals surface area contributed by atoms with Crippen LogP contribution in [0.25, 0.3) is 0 Å². The number of hydrogen-bond donors (Lipinski definition) is 1. The third kappa shape index (κ3) is 4.92. The predicted octanol–water partition coefficient (Wildman–Crippen LogP) is 3.72. The second-order valence-corrected chi connectivity index (χ2v) is 8.94. The van der Waals surface area contributed by atoms with Crippen LogP contribution in [-0.4, -0.2) is 37.2 Å². The van der Waals surface area contributed by atoms with E-state index in [4.69, 9.17) is 23.2 Å². The topological polar surface area (TPSA) is 79.4 Å². The Labute approximate surface area is 164 Å². The van der Waals surface area contributed by atoms with Crippen molar-refractivity contribution in [3.8, 4) is 0 Å². The fraction of sp³-hybridized carbons (Fsp3) is 0.200. The molecule has 1 aromatic heterocycles. The smallest absolute Gasteiger partial charge is 0.246 e. The summed E-state index contributed by atoms with van der Waals surface area (Å²) < 4.78 is 26.7. The molecule has 0 spiro atoms. The van der Waals surface area contributed by atoms with Crippen molar-refractivity contribution in [3.63, 3.8) is 0 Å². The lowest BCUT2D eigenvalue weighted by Gasteiger charge is -2.18. The molecule has 0 aliphatic carbocycles. The molecule has 0 aliphatic heterocycles. The highest BCUT2D eigenvalue weighted by Crippen LogP contribution is 2.34. The highest BCUT2D eigenvalue weighted by molar-refractivity contribution is 9.10. The summed E-state index contributed by atoms with van der Waals surface area (Å²) in [6.45, 7) is 1.45. The van der Waals surface area contributed by atoms with E-state index in [9.17, 15) is 13.2 Å². The number of amides is 1. The van der Waals surface area contributed by atoms with Crippen LogP contribution in [0.15, 0.2) is 39.8 Å². The number of likely N-dealkylation sites (N-methyl/N-ethyl adjacent to an activating group) is 1. The van der Waals surface area contributed by atoms with Gasteiger partial charge in [-0.1, -0.05) is 45.2 Å². The van der Waals surface area contributed by atoms with Gasteiger partial charge in [0, 0.05) is 17.7 Å². The molecule has 134 valence electrons. The van der Waals surface area contributed by atoms with E-state index in [1.165, 1.54) is 19.2 Å². The van der Waals surface area contributed by atoms with E-state index in [0.29, 0.717) is 10.3 Å². The Morgan fingerprint density at radius 1 is 1.28 bits per heavy atom. The SMILES string of the molecule is Cc1ccc(NC(=O)CN(C)S(=O)(=O)c2c(Cl)cc(Br)cc2Cl)nc1. The maximum Gasteiger partial charge on any atom is 0.246 e. The van der Waals surface area contributed by atoms with Crippen LogP contribution in [0.1, 0.15) is 5.56 Å². The summed E-state index contributed by atoms with van der Waals surface area (Å²) in [7, 11) is -2.77. The molecule has 0 unspecified atom stereocenters. The molecule has 6 nitrogen and oxygen atoms in total. The minimum Gasteiger partial charge on any atom is -0.310 e. The number of aryl methyl sites for hydroxylation is 1. The summed E-state index contributed by atoms with van der Waals surface area (Å²) in [5, 5.41) is 2.46. The van der Waals surface area contributed by atoms with Gasteiger partial charge in [0.25, 0.3) is 0 Å². The first-order chi connectivity index (χ1) is 11.6. The zero-order chi connectivity index (χ0) is 18.8. The monoisotopic (exact) mass is 465 g/mol. The summed E-state index contributed by atoms with van der Waals surface area (Å²) in [5.41, 5.74) is 0.942. The van der Waals surface area contributed by atoms with Gasteiger partial charge in [0.15, 0.2) is 0 Å². The van der Waals surface area contributed by atoms with Gasteiger partial charge in [-0.25, -0.2) is 13.4 Å². The Bertz CT molecular complexity index is 882. The van der Waals surface area contributed by atoms with E-state index in [2.05, 4.69) is 26.2 Å². The molecule has 1 aromatic carbocycles. The number of hydrogen-bond acceptors (Lipinski definition) is 4. The Kier molecular flexibility index (Phi) is 6.45. The van der Waals surface area contributed by atoms with Crippen LogP contribution in [0.4, 0.5) is 5.82 Å². The number of halogens is 3. The zero-order valence-electron chi connectivity index (χ0n) is 13.3. The van der Waals surface area contributed by atoms with Crippen LogP contribution < -0.4 is 5.32 Å². The fourth-order valence-corrected chi connectivity index (χ4v) is 4.95. The minimum atomic E-state index is -4.04. The molecule has 0 bridgehead atoms. The van der Waals surface area contributed by atoms with Crippen molar-refractivity contribution in [2.45, 2.75) is 11.8 Å². The summed E-state index contributed by atoms with van der Waals surface area (Å²) in [5.74, 6) is -0.201. The molecule has 0 saturated heterocycles. The van der Waals surface area contributed by atoms with E-state index in [1.807, 2.05) is 6.92 Å². The van der Waals surface area contributed by atoms with E-state index in [0.717, 1.165) is 9.87 Å². The highest BCUT2D eigenvalue weighted by atomic mass is 79.9. The van der Waals surface area contributed by atoms with Gasteiger partial charge in [-0.2, -0.15) is 4.31 Å². The van der Waals surface area contributed by atoms with Gasteiger partial charge in [0.05, 0.1) is 16.6 Å². The number of nitrogens with zero attached hydrogens (tertiary/aromatic N) is 2. The van der Waals surface area contributed by atoms with E-state index in [1.54, 1.807) is 18.3 Å². The van der Waals surface area contributed by atoms with E-state index in [-0.39, 0.29) is 14.9 Å². The summed E-state index contributed by atoms with van der Waals surface area (Å²) in [6.07, 6.45) is 1.59. The maximum absolute atomic E-state index is 12.7. The average Bonchev–Trinajstić information content (AvgIpc) is 2.48. The zero-order valence-corrected chi connectivity index (χ0v) is 17.2. The number of pyridine rings is 1. The lowest BCUT2D eigenvalue weighted by atomic mass is 10.3. The number of benzene rings is 1. The molecule has 0 aliphatic rings. The molecule has 1 amide bonds. The summed E-state index contributed by atoms with van der Waals surface area (Å²) in [4.78, 5) is 15.9. The molecule has 1 heterocycles. The lowest BCUT2D eigenvalue weighted by molar-refractivity contribution is -0.116. The van der Waals surface area contributed by atoms with Crippen molar-refractivity contribution in [1.29, 1.82) is 0 Å². The van der Waals surface area contributed by atoms with Gasteiger partial charge in [-0.3, -0.25) is 4.79 Å². The van der Waals surface area contributed by atoms with Crippen LogP contribution in [-0.2, 0) is 14.8 Å². The Morgan fingerprint density at radius 3 is 2.40 bits per heavy atom. The number of carbonyl (C=O) groups is 1. The van der Waals surface area contributed by atoms with Gasteiger partial charge < -0.3 is 5.32 Å². The number of carbonyl (C=O) groups excluding carboxylic acids is 1. The van der Waals surface area contributed by atoms with Gasteiger partial charge in [0.2, 0.25) is 15.9 Å². The van der Waals surface area contributed by atoms with Gasteiger partial charge in [-0.15, -0.1) is 0 Å². The molecule has 25 heavy (non-hydrogen) atoms. The van der Waals surface area contributed by atoms with Crippen molar-refractivity contribution < 1.29 is 13.2 Å². The third-order valence-corrected chi connectivity index (χ3v) is 6.36. The molecule has 10 heteroatoms. The fourth-order valence-electron chi connectivity index (χ4n) is 1.94. The number of sulfonamides is 1. The Morgan fingerprint density at radius 2 is 1.88 bits per heavy atom. The van der Waals surface area contributed by atoms with Crippen molar-refractivity contribution in [3.05, 3.63) is 50.5 Å². The largest absolute Gasteiger partial charge is 0.310 e. The molecule has 0 atom stereocenters. The van der Waals surface area contributed by atoms with Crippen molar-refractivity contribution in [2.75, 3.05) is 18.9 Å². The standard InChI is InChI=1S/C15H14BrCl2N3O3S/c1-9-3-4-13(19-7-9)20-14(22)8-21(2)25(23,24)15-11(17)5-10(16)6-12(15)18/h3-7H,8H2,1-2H3,(H,19,20,22). The van der Waals surface area contributed by atoms with E-state index >= 15 is 0 Å². The average molecular weight is 467 g/mol. The number of anilines is 1. The van der Waals surface area contributed by atoms with Gasteiger partial charge in [0.1, 0.15) is 10.7 Å². The van der Waals surface area contributed by atoms with Crippen molar-refractivity contribution >= 4 is 60.9 Å². The molecule has 0 radical (unpaired) electrons. The minimum absolute atomic E-state index is 0.0353. The Balaban J connectivity index is 2.17. The number of nitrogens with one attached hydrogen (secondary N) is 1. The van der Waals surface area contributed by atoms with Crippen LogP contribution >= 0.6 is 39.1 Å². The first-order valence-electron chi connectivity index (χ1n) is 6.94. The maximum atomic E-state index is 12.7.